The number of Topliss-reactive ketones (excluding diaryl/α,β-unsaturated/α-hetero) is 1. The molecule has 1 heterocycles. The number of rotatable bonds is 5. The van der Waals surface area contributed by atoms with E-state index in [9.17, 15) is 4.79 Å². The average Bonchev–Trinajstić information content (AvgIpc) is 3.02. The highest BCUT2D eigenvalue weighted by Crippen LogP contribution is 2.27. The van der Waals surface area contributed by atoms with E-state index < -0.39 is 0 Å². The third kappa shape index (κ3) is 3.26. The highest BCUT2D eigenvalue weighted by molar-refractivity contribution is 7.09. The number of hydrogen-bond donors (Lipinski definition) is 0. The summed E-state index contributed by atoms with van der Waals surface area (Å²) in [7, 11) is 0. The Kier molecular flexibility index (Phi) is 4.22. The van der Waals surface area contributed by atoms with Gasteiger partial charge < -0.3 is 0 Å². The maximum absolute atomic E-state index is 12.8. The van der Waals surface area contributed by atoms with Gasteiger partial charge in [0.2, 0.25) is 0 Å². The molecule has 0 aliphatic heterocycles. The van der Waals surface area contributed by atoms with Crippen molar-refractivity contribution in [1.29, 1.82) is 0 Å². The molecule has 0 aliphatic rings. The number of aromatic nitrogens is 1. The second kappa shape index (κ2) is 6.46. The molecule has 0 bridgehead atoms. The minimum atomic E-state index is -0.226. The molecule has 0 saturated heterocycles. The zero-order chi connectivity index (χ0) is 14.5. The topological polar surface area (TPSA) is 30.0 Å². The first-order chi connectivity index (χ1) is 10.3. The number of nitrogens with zero attached hydrogens (tertiary/aromatic N) is 1. The molecule has 0 aliphatic carbocycles. The Labute approximate surface area is 128 Å². The van der Waals surface area contributed by atoms with E-state index in [0.29, 0.717) is 6.42 Å². The highest BCUT2D eigenvalue weighted by atomic mass is 32.1. The molecule has 2 nitrogen and oxygen atoms in total. The van der Waals surface area contributed by atoms with Gasteiger partial charge in [0.15, 0.2) is 5.78 Å². The molecule has 0 fully saturated rings. The van der Waals surface area contributed by atoms with Gasteiger partial charge in [-0.05, 0) is 11.1 Å². The molecular weight excluding hydrogens is 278 g/mol. The van der Waals surface area contributed by atoms with E-state index >= 15 is 0 Å². The Morgan fingerprint density at radius 2 is 1.52 bits per heavy atom. The van der Waals surface area contributed by atoms with Gasteiger partial charge >= 0.3 is 0 Å². The molecule has 0 N–H and O–H groups in total. The van der Waals surface area contributed by atoms with Crippen molar-refractivity contribution in [2.45, 2.75) is 12.3 Å². The number of benzene rings is 2. The van der Waals surface area contributed by atoms with Crippen LogP contribution < -0.4 is 0 Å². The van der Waals surface area contributed by atoms with Crippen LogP contribution in [0, 0.1) is 0 Å². The van der Waals surface area contributed by atoms with Crippen molar-refractivity contribution in [1.82, 2.24) is 4.98 Å². The summed E-state index contributed by atoms with van der Waals surface area (Å²) in [5.41, 5.74) is 2.07. The summed E-state index contributed by atoms with van der Waals surface area (Å²) in [5.74, 6) is -0.0429. The molecule has 0 unspecified atom stereocenters. The third-order valence-electron chi connectivity index (χ3n) is 3.40. The lowest BCUT2D eigenvalue weighted by Gasteiger charge is -2.16. The Morgan fingerprint density at radius 1 is 0.952 bits per heavy atom. The predicted molar refractivity (Wildman–Crippen MR) is 85.6 cm³/mol. The van der Waals surface area contributed by atoms with Gasteiger partial charge in [-0.25, -0.2) is 4.98 Å². The molecule has 0 amide bonds. The maximum atomic E-state index is 12.8. The Morgan fingerprint density at radius 3 is 2.00 bits per heavy atom. The first-order valence-electron chi connectivity index (χ1n) is 6.85. The van der Waals surface area contributed by atoms with Crippen LogP contribution in [0.3, 0.4) is 0 Å². The van der Waals surface area contributed by atoms with Gasteiger partial charge in [-0.2, -0.15) is 0 Å². The Bertz CT molecular complexity index is 653. The lowest BCUT2D eigenvalue weighted by molar-refractivity contribution is -0.119. The van der Waals surface area contributed by atoms with Crippen LogP contribution in [0.25, 0.3) is 0 Å². The molecule has 3 aromatic rings. The van der Waals surface area contributed by atoms with Crippen LogP contribution in [0.15, 0.2) is 72.2 Å². The van der Waals surface area contributed by atoms with Gasteiger partial charge in [-0.3, -0.25) is 4.79 Å². The van der Waals surface area contributed by atoms with Crippen molar-refractivity contribution < 1.29 is 4.79 Å². The lowest BCUT2D eigenvalue weighted by Crippen LogP contribution is -2.16. The Balaban J connectivity index is 1.95. The van der Waals surface area contributed by atoms with E-state index in [1.165, 1.54) is 11.3 Å². The lowest BCUT2D eigenvalue weighted by atomic mass is 9.86. The maximum Gasteiger partial charge on any atom is 0.151 e. The third-order valence-corrected chi connectivity index (χ3v) is 4.18. The molecule has 0 atom stereocenters. The fourth-order valence-corrected chi connectivity index (χ4v) is 3.07. The molecule has 0 radical (unpaired) electrons. The van der Waals surface area contributed by atoms with Crippen LogP contribution in [0.2, 0.25) is 0 Å². The normalized spacial score (nSPS) is 10.7. The zero-order valence-electron chi connectivity index (χ0n) is 11.5. The smallest absolute Gasteiger partial charge is 0.151 e. The molecular formula is C18H15NOS. The summed E-state index contributed by atoms with van der Waals surface area (Å²) >= 11 is 1.53. The minimum absolute atomic E-state index is 0.183. The summed E-state index contributed by atoms with van der Waals surface area (Å²) in [5, 5.41) is 2.78. The van der Waals surface area contributed by atoms with Crippen LogP contribution >= 0.6 is 11.3 Å². The zero-order valence-corrected chi connectivity index (χ0v) is 12.3. The molecule has 3 rings (SSSR count). The van der Waals surface area contributed by atoms with Crippen LogP contribution in [0.4, 0.5) is 0 Å². The van der Waals surface area contributed by atoms with E-state index in [-0.39, 0.29) is 11.7 Å². The number of thiazole rings is 1. The van der Waals surface area contributed by atoms with E-state index in [0.717, 1.165) is 16.1 Å². The summed E-state index contributed by atoms with van der Waals surface area (Å²) in [6.07, 6.45) is 2.12. The average molecular weight is 293 g/mol. The van der Waals surface area contributed by atoms with Crippen molar-refractivity contribution in [3.05, 3.63) is 88.4 Å². The van der Waals surface area contributed by atoms with Crippen molar-refractivity contribution in [3.8, 4) is 0 Å². The van der Waals surface area contributed by atoms with E-state index in [1.54, 1.807) is 6.20 Å². The SMILES string of the molecule is O=C(Cc1nccs1)C(c1ccccc1)c1ccccc1. The number of hydrogen-bond acceptors (Lipinski definition) is 3. The molecule has 1 aromatic heterocycles. The second-order valence-electron chi connectivity index (χ2n) is 4.82. The Hall–Kier alpha value is -2.26. The molecule has 21 heavy (non-hydrogen) atoms. The summed E-state index contributed by atoms with van der Waals surface area (Å²) in [4.78, 5) is 17.0. The highest BCUT2D eigenvalue weighted by Gasteiger charge is 2.23. The largest absolute Gasteiger partial charge is 0.298 e. The van der Waals surface area contributed by atoms with Gasteiger partial charge in [0.05, 0.1) is 17.3 Å². The van der Waals surface area contributed by atoms with Gasteiger partial charge in [-0.15, -0.1) is 11.3 Å². The number of carbonyl (C=O) groups is 1. The van der Waals surface area contributed by atoms with Crippen LogP contribution in [-0.2, 0) is 11.2 Å². The van der Waals surface area contributed by atoms with Crippen molar-refractivity contribution in [3.63, 3.8) is 0 Å². The number of carbonyl (C=O) groups excluding carboxylic acids is 1. The minimum Gasteiger partial charge on any atom is -0.298 e. The van der Waals surface area contributed by atoms with Crippen LogP contribution in [0.1, 0.15) is 22.1 Å². The van der Waals surface area contributed by atoms with Crippen LogP contribution in [0.5, 0.6) is 0 Å². The van der Waals surface area contributed by atoms with E-state index in [1.807, 2.05) is 66.0 Å². The van der Waals surface area contributed by atoms with E-state index in [2.05, 4.69) is 4.98 Å². The van der Waals surface area contributed by atoms with Crippen molar-refractivity contribution >= 4 is 17.1 Å². The van der Waals surface area contributed by atoms with Gasteiger partial charge in [0.1, 0.15) is 0 Å². The van der Waals surface area contributed by atoms with Crippen molar-refractivity contribution in [2.24, 2.45) is 0 Å². The fourth-order valence-electron chi connectivity index (χ4n) is 2.45. The monoisotopic (exact) mass is 293 g/mol. The van der Waals surface area contributed by atoms with Gasteiger partial charge in [0.25, 0.3) is 0 Å². The fraction of sp³-hybridized carbons (Fsp3) is 0.111. The first-order valence-corrected chi connectivity index (χ1v) is 7.73. The van der Waals surface area contributed by atoms with Crippen LogP contribution in [-0.4, -0.2) is 10.8 Å². The standard InChI is InChI=1S/C18H15NOS/c20-16(13-17-19-11-12-21-17)18(14-7-3-1-4-8-14)15-9-5-2-6-10-15/h1-12,18H,13H2. The quantitative estimate of drug-likeness (QED) is 0.709. The predicted octanol–water partition coefficient (Wildman–Crippen LogP) is 4.09. The molecule has 0 saturated carbocycles. The second-order valence-corrected chi connectivity index (χ2v) is 5.80. The number of ketones is 1. The van der Waals surface area contributed by atoms with Crippen molar-refractivity contribution in [2.75, 3.05) is 0 Å². The van der Waals surface area contributed by atoms with Gasteiger partial charge in [0, 0.05) is 11.6 Å². The van der Waals surface area contributed by atoms with Gasteiger partial charge in [-0.1, -0.05) is 60.7 Å². The molecule has 104 valence electrons. The molecule has 2 aromatic carbocycles. The summed E-state index contributed by atoms with van der Waals surface area (Å²) in [6.45, 7) is 0. The van der Waals surface area contributed by atoms with E-state index in [4.69, 9.17) is 0 Å². The summed E-state index contributed by atoms with van der Waals surface area (Å²) < 4.78 is 0. The molecule has 0 spiro atoms. The summed E-state index contributed by atoms with van der Waals surface area (Å²) in [6, 6.07) is 19.9. The first kappa shape index (κ1) is 13.7. The molecule has 3 heteroatoms.